The molecule has 0 aliphatic carbocycles. The first-order valence-electron chi connectivity index (χ1n) is 9.07. The molecule has 1 atom stereocenters. The van der Waals surface area contributed by atoms with Crippen molar-refractivity contribution in [1.29, 1.82) is 0 Å². The number of benzene rings is 1. The number of amides is 2. The van der Waals surface area contributed by atoms with Crippen molar-refractivity contribution in [1.82, 2.24) is 15.3 Å². The van der Waals surface area contributed by atoms with E-state index in [1.807, 2.05) is 30.3 Å². The van der Waals surface area contributed by atoms with Crippen LogP contribution in [0.2, 0.25) is 0 Å². The van der Waals surface area contributed by atoms with Crippen LogP contribution in [-0.2, 0) is 4.79 Å². The normalized spacial score (nSPS) is 15.6. The van der Waals surface area contributed by atoms with Gasteiger partial charge in [-0.3, -0.25) is 19.5 Å². The number of nitrogens with one attached hydrogen (secondary N) is 1. The van der Waals surface area contributed by atoms with E-state index in [1.165, 1.54) is 17.2 Å². The van der Waals surface area contributed by atoms with Gasteiger partial charge in [-0.25, -0.2) is 4.98 Å². The molecule has 0 bridgehead atoms. The fraction of sp³-hybridized carbons (Fsp3) is 0.143. The van der Waals surface area contributed by atoms with Gasteiger partial charge in [-0.2, -0.15) is 0 Å². The standard InChI is InChI=1S/C21H17BrN4O4/c1-26-19-18(9-13(22)11-24-19)29-12-17(21(26)28)25-20(27)16-10-15(7-8-23-16)30-14-5-3-2-4-6-14/h2-11,17H,12H2,1H3,(H,25,27). The highest BCUT2D eigenvalue weighted by Gasteiger charge is 2.32. The monoisotopic (exact) mass is 468 g/mol. The van der Waals surface area contributed by atoms with Crippen molar-refractivity contribution in [2.45, 2.75) is 6.04 Å². The van der Waals surface area contributed by atoms with Crippen LogP contribution < -0.4 is 19.7 Å². The minimum atomic E-state index is -0.893. The van der Waals surface area contributed by atoms with E-state index in [1.54, 1.807) is 25.4 Å². The molecule has 4 rings (SSSR count). The molecule has 3 aromatic rings. The minimum Gasteiger partial charge on any atom is -0.487 e. The molecule has 1 unspecified atom stereocenters. The summed E-state index contributed by atoms with van der Waals surface area (Å²) in [5.74, 6) is 1.09. The van der Waals surface area contributed by atoms with Crippen LogP contribution >= 0.6 is 15.9 Å². The molecule has 3 heterocycles. The summed E-state index contributed by atoms with van der Waals surface area (Å²) in [4.78, 5) is 35.2. The van der Waals surface area contributed by atoms with Gasteiger partial charge in [0.1, 0.15) is 29.8 Å². The molecule has 2 amide bonds. The summed E-state index contributed by atoms with van der Waals surface area (Å²) in [6, 6.07) is 13.2. The van der Waals surface area contributed by atoms with Gasteiger partial charge in [0, 0.05) is 30.0 Å². The number of ether oxygens (including phenoxy) is 2. The van der Waals surface area contributed by atoms with E-state index in [2.05, 4.69) is 31.2 Å². The van der Waals surface area contributed by atoms with E-state index in [0.717, 1.165) is 4.47 Å². The smallest absolute Gasteiger partial charge is 0.270 e. The van der Waals surface area contributed by atoms with Crippen LogP contribution in [-0.4, -0.2) is 41.5 Å². The van der Waals surface area contributed by atoms with Crippen molar-refractivity contribution in [3.8, 4) is 17.2 Å². The maximum atomic E-state index is 12.8. The maximum absolute atomic E-state index is 12.8. The van der Waals surface area contributed by atoms with E-state index in [4.69, 9.17) is 9.47 Å². The molecule has 1 aromatic carbocycles. The van der Waals surface area contributed by atoms with Gasteiger partial charge >= 0.3 is 0 Å². The number of fused-ring (bicyclic) bond motifs is 1. The lowest BCUT2D eigenvalue weighted by Crippen LogP contribution is -2.49. The second-order valence-electron chi connectivity index (χ2n) is 6.50. The molecule has 0 saturated heterocycles. The molecule has 0 saturated carbocycles. The second kappa shape index (κ2) is 8.50. The highest BCUT2D eigenvalue weighted by molar-refractivity contribution is 9.10. The Bertz CT molecular complexity index is 1090. The molecule has 0 fully saturated rings. The van der Waals surface area contributed by atoms with E-state index < -0.39 is 11.9 Å². The van der Waals surface area contributed by atoms with Crippen molar-refractivity contribution in [2.24, 2.45) is 0 Å². The number of halogens is 1. The van der Waals surface area contributed by atoms with Gasteiger partial charge in [0.25, 0.3) is 11.8 Å². The van der Waals surface area contributed by atoms with Crippen LogP contribution in [0.3, 0.4) is 0 Å². The van der Waals surface area contributed by atoms with Crippen LogP contribution in [0.4, 0.5) is 5.82 Å². The fourth-order valence-electron chi connectivity index (χ4n) is 2.91. The maximum Gasteiger partial charge on any atom is 0.270 e. The third-order valence-corrected chi connectivity index (χ3v) is 4.83. The Balaban J connectivity index is 1.49. The highest BCUT2D eigenvalue weighted by Crippen LogP contribution is 2.30. The van der Waals surface area contributed by atoms with Crippen LogP contribution in [0.5, 0.6) is 17.2 Å². The Morgan fingerprint density at radius 1 is 1.20 bits per heavy atom. The second-order valence-corrected chi connectivity index (χ2v) is 7.42. The van der Waals surface area contributed by atoms with Crippen LogP contribution in [0.25, 0.3) is 0 Å². The fourth-order valence-corrected chi connectivity index (χ4v) is 3.22. The van der Waals surface area contributed by atoms with Crippen molar-refractivity contribution >= 4 is 33.6 Å². The zero-order valence-electron chi connectivity index (χ0n) is 15.9. The molecule has 152 valence electrons. The number of hydrogen-bond acceptors (Lipinski definition) is 6. The number of nitrogens with zero attached hydrogens (tertiary/aromatic N) is 3. The quantitative estimate of drug-likeness (QED) is 0.631. The molecule has 1 aliphatic rings. The summed E-state index contributed by atoms with van der Waals surface area (Å²) >= 11 is 3.33. The minimum absolute atomic E-state index is 0.0275. The topological polar surface area (TPSA) is 93.7 Å². The molecule has 2 aromatic heterocycles. The van der Waals surface area contributed by atoms with Crippen molar-refractivity contribution < 1.29 is 19.1 Å². The van der Waals surface area contributed by atoms with E-state index in [0.29, 0.717) is 23.1 Å². The van der Waals surface area contributed by atoms with Crippen LogP contribution in [0.15, 0.2) is 65.4 Å². The van der Waals surface area contributed by atoms with Gasteiger partial charge < -0.3 is 14.8 Å². The predicted octanol–water partition coefficient (Wildman–Crippen LogP) is 3.19. The largest absolute Gasteiger partial charge is 0.487 e. The number of likely N-dealkylation sites (N-methyl/N-ethyl adjacent to an activating group) is 1. The first kappa shape index (κ1) is 19.8. The number of para-hydroxylation sites is 1. The molecule has 8 nitrogen and oxygen atoms in total. The molecule has 1 aliphatic heterocycles. The number of aromatic nitrogens is 2. The number of hydrogen-bond donors (Lipinski definition) is 1. The Labute approximate surface area is 181 Å². The van der Waals surface area contributed by atoms with Crippen molar-refractivity contribution in [3.63, 3.8) is 0 Å². The number of pyridine rings is 2. The van der Waals surface area contributed by atoms with Crippen molar-refractivity contribution in [2.75, 3.05) is 18.6 Å². The van der Waals surface area contributed by atoms with E-state index in [9.17, 15) is 9.59 Å². The number of carbonyl (C=O) groups excluding carboxylic acids is 2. The molecular weight excluding hydrogens is 452 g/mol. The molecule has 9 heteroatoms. The highest BCUT2D eigenvalue weighted by atomic mass is 79.9. The van der Waals surface area contributed by atoms with E-state index in [-0.39, 0.29) is 18.2 Å². The lowest BCUT2D eigenvalue weighted by molar-refractivity contribution is -0.120. The van der Waals surface area contributed by atoms with Crippen molar-refractivity contribution in [3.05, 3.63) is 71.1 Å². The van der Waals surface area contributed by atoms with E-state index >= 15 is 0 Å². The zero-order valence-corrected chi connectivity index (χ0v) is 17.5. The Morgan fingerprint density at radius 2 is 2.00 bits per heavy atom. The Kier molecular flexibility index (Phi) is 5.62. The van der Waals surface area contributed by atoms with Gasteiger partial charge in [-0.15, -0.1) is 0 Å². The summed E-state index contributed by atoms with van der Waals surface area (Å²) in [6.45, 7) is -0.0275. The van der Waals surface area contributed by atoms with Gasteiger partial charge in [0.2, 0.25) is 0 Å². The summed E-state index contributed by atoms with van der Waals surface area (Å²) in [5.41, 5.74) is 0.126. The number of carbonyl (C=O) groups is 2. The van der Waals surface area contributed by atoms with Crippen LogP contribution in [0.1, 0.15) is 10.5 Å². The Morgan fingerprint density at radius 3 is 2.80 bits per heavy atom. The van der Waals surface area contributed by atoms with Gasteiger partial charge in [-0.1, -0.05) is 18.2 Å². The molecule has 0 radical (unpaired) electrons. The lowest BCUT2D eigenvalue weighted by atomic mass is 10.2. The third-order valence-electron chi connectivity index (χ3n) is 4.40. The molecular formula is C21H17BrN4O4. The zero-order chi connectivity index (χ0) is 21.1. The van der Waals surface area contributed by atoms with Gasteiger partial charge in [0.05, 0.1) is 0 Å². The average molecular weight is 469 g/mol. The third kappa shape index (κ3) is 4.25. The first-order chi connectivity index (χ1) is 14.5. The SMILES string of the molecule is CN1C(=O)C(NC(=O)c2cc(Oc3ccccc3)ccn2)COc2cc(Br)cnc21. The first-order valence-corrected chi connectivity index (χ1v) is 9.86. The lowest BCUT2D eigenvalue weighted by Gasteiger charge is -2.19. The number of anilines is 1. The Hall–Kier alpha value is -3.46. The average Bonchev–Trinajstić information content (AvgIpc) is 2.86. The predicted molar refractivity (Wildman–Crippen MR) is 113 cm³/mol. The van der Waals surface area contributed by atoms with Crippen LogP contribution in [0, 0.1) is 0 Å². The number of rotatable bonds is 4. The van der Waals surface area contributed by atoms with Gasteiger partial charge in [-0.05, 0) is 40.2 Å². The summed E-state index contributed by atoms with van der Waals surface area (Å²) in [6.07, 6.45) is 3.05. The summed E-state index contributed by atoms with van der Waals surface area (Å²) < 4.78 is 12.2. The summed E-state index contributed by atoms with van der Waals surface area (Å²) in [5, 5.41) is 2.68. The summed E-state index contributed by atoms with van der Waals surface area (Å²) in [7, 11) is 1.59. The molecule has 30 heavy (non-hydrogen) atoms. The van der Waals surface area contributed by atoms with Gasteiger partial charge in [0.15, 0.2) is 11.6 Å². The molecule has 0 spiro atoms. The molecule has 1 N–H and O–H groups in total.